The number of carbonyl (C=O) groups excluding carboxylic acids is 1. The monoisotopic (exact) mass is 314 g/mol. The third-order valence-electron chi connectivity index (χ3n) is 4.41. The fourth-order valence-electron chi connectivity index (χ4n) is 3.03. The molecule has 1 aromatic carbocycles. The molecule has 0 bridgehead atoms. The van der Waals surface area contributed by atoms with E-state index in [1.807, 2.05) is 30.3 Å². The fourth-order valence-corrected chi connectivity index (χ4v) is 3.03. The van der Waals surface area contributed by atoms with Gasteiger partial charge in [-0.25, -0.2) is 0 Å². The molecule has 1 amide bonds. The van der Waals surface area contributed by atoms with Gasteiger partial charge < -0.3 is 14.6 Å². The first-order valence-electron chi connectivity index (χ1n) is 7.51. The van der Waals surface area contributed by atoms with Crippen LogP contribution in [-0.4, -0.2) is 49.7 Å². The molecule has 1 N–H and O–H groups in total. The number of carboxylic acids is 1. The van der Waals surface area contributed by atoms with Gasteiger partial charge in [0.15, 0.2) is 0 Å². The normalized spacial score (nSPS) is 20.6. The number of hydrogen-bond acceptors (Lipinski definition) is 4. The summed E-state index contributed by atoms with van der Waals surface area (Å²) in [7, 11) is 0. The highest BCUT2D eigenvalue weighted by Gasteiger charge is 2.47. The molecular formula is C16H18N4O3. The Morgan fingerprint density at radius 2 is 1.87 bits per heavy atom. The van der Waals surface area contributed by atoms with Crippen LogP contribution in [0.1, 0.15) is 18.4 Å². The zero-order valence-electron chi connectivity index (χ0n) is 12.6. The lowest BCUT2D eigenvalue weighted by Gasteiger charge is -2.25. The van der Waals surface area contributed by atoms with E-state index < -0.39 is 11.4 Å². The zero-order chi connectivity index (χ0) is 16.3. The van der Waals surface area contributed by atoms with Crippen molar-refractivity contribution >= 4 is 11.9 Å². The molecule has 1 unspecified atom stereocenters. The van der Waals surface area contributed by atoms with Crippen molar-refractivity contribution in [1.29, 1.82) is 0 Å². The van der Waals surface area contributed by atoms with Crippen LogP contribution < -0.4 is 0 Å². The fraction of sp³-hybridized carbons (Fsp3) is 0.375. The summed E-state index contributed by atoms with van der Waals surface area (Å²) in [6.07, 6.45) is 3.86. The Balaban J connectivity index is 1.70. The van der Waals surface area contributed by atoms with E-state index in [0.29, 0.717) is 25.9 Å². The molecule has 1 saturated heterocycles. The molecule has 3 rings (SSSR count). The van der Waals surface area contributed by atoms with E-state index in [9.17, 15) is 14.7 Å². The predicted molar refractivity (Wildman–Crippen MR) is 81.6 cm³/mol. The third-order valence-corrected chi connectivity index (χ3v) is 4.41. The number of rotatable bonds is 5. The third kappa shape index (κ3) is 2.94. The summed E-state index contributed by atoms with van der Waals surface area (Å²) >= 11 is 0. The second-order valence-corrected chi connectivity index (χ2v) is 5.77. The highest BCUT2D eigenvalue weighted by Crippen LogP contribution is 2.35. The highest BCUT2D eigenvalue weighted by molar-refractivity contribution is 5.85. The summed E-state index contributed by atoms with van der Waals surface area (Å²) in [4.78, 5) is 25.9. The van der Waals surface area contributed by atoms with Gasteiger partial charge in [0.2, 0.25) is 5.91 Å². The Labute approximate surface area is 133 Å². The smallest absolute Gasteiger partial charge is 0.316 e. The van der Waals surface area contributed by atoms with Gasteiger partial charge in [0, 0.05) is 26.1 Å². The molecule has 1 aliphatic heterocycles. The summed E-state index contributed by atoms with van der Waals surface area (Å²) in [6, 6.07) is 9.15. The molecule has 0 spiro atoms. The first-order valence-corrected chi connectivity index (χ1v) is 7.51. The summed E-state index contributed by atoms with van der Waals surface area (Å²) in [5, 5.41) is 17.1. The molecule has 7 heteroatoms. The molecule has 1 aliphatic rings. The summed E-state index contributed by atoms with van der Waals surface area (Å²) in [5.74, 6) is -0.921. The summed E-state index contributed by atoms with van der Waals surface area (Å²) in [6.45, 7) is 1.17. The Morgan fingerprint density at radius 3 is 2.52 bits per heavy atom. The minimum absolute atomic E-state index is 0.0437. The van der Waals surface area contributed by atoms with Crippen LogP contribution in [0, 0.1) is 0 Å². The number of carboxylic acid groups (broad SMARTS) is 1. The van der Waals surface area contributed by atoms with Gasteiger partial charge in [0.1, 0.15) is 18.1 Å². The molecule has 7 nitrogen and oxygen atoms in total. The largest absolute Gasteiger partial charge is 0.481 e. The zero-order valence-corrected chi connectivity index (χ0v) is 12.6. The molecule has 23 heavy (non-hydrogen) atoms. The average molecular weight is 314 g/mol. The minimum atomic E-state index is -1.01. The molecule has 0 aliphatic carbocycles. The molecule has 1 aromatic heterocycles. The molecule has 2 heterocycles. The second kappa shape index (κ2) is 6.20. The first-order chi connectivity index (χ1) is 11.1. The maximum absolute atomic E-state index is 12.4. The first kappa shape index (κ1) is 15.2. The van der Waals surface area contributed by atoms with Crippen molar-refractivity contribution < 1.29 is 14.7 Å². The van der Waals surface area contributed by atoms with E-state index in [1.54, 1.807) is 22.1 Å². The van der Waals surface area contributed by atoms with Gasteiger partial charge in [-0.15, -0.1) is 10.2 Å². The van der Waals surface area contributed by atoms with Crippen LogP contribution in [0.25, 0.3) is 0 Å². The van der Waals surface area contributed by atoms with Crippen molar-refractivity contribution in [2.24, 2.45) is 0 Å². The number of benzene rings is 1. The second-order valence-electron chi connectivity index (χ2n) is 5.77. The van der Waals surface area contributed by atoms with E-state index in [4.69, 9.17) is 0 Å². The van der Waals surface area contributed by atoms with Crippen LogP contribution in [0.15, 0.2) is 43.0 Å². The number of aromatic nitrogens is 3. The van der Waals surface area contributed by atoms with Gasteiger partial charge in [0.05, 0.1) is 0 Å². The molecular weight excluding hydrogens is 296 g/mol. The lowest BCUT2D eigenvalue weighted by molar-refractivity contribution is -0.143. The maximum atomic E-state index is 12.4. The number of aliphatic carboxylic acids is 1. The maximum Gasteiger partial charge on any atom is 0.316 e. The standard InChI is InChI=1S/C16H18N4O3/c21-14(6-8-19-11-17-18-12-19)20-9-7-16(10-20,15(22)23)13-4-2-1-3-5-13/h1-5,11-12H,6-10H2,(H,22,23). The number of likely N-dealkylation sites (tertiary alicyclic amines) is 1. The highest BCUT2D eigenvalue weighted by atomic mass is 16.4. The van der Waals surface area contributed by atoms with Crippen LogP contribution >= 0.6 is 0 Å². The van der Waals surface area contributed by atoms with E-state index in [2.05, 4.69) is 10.2 Å². The van der Waals surface area contributed by atoms with E-state index in [-0.39, 0.29) is 12.5 Å². The average Bonchev–Trinajstić information content (AvgIpc) is 3.24. The van der Waals surface area contributed by atoms with E-state index >= 15 is 0 Å². The molecule has 120 valence electrons. The summed E-state index contributed by atoms with van der Waals surface area (Å²) < 4.78 is 1.73. The minimum Gasteiger partial charge on any atom is -0.481 e. The van der Waals surface area contributed by atoms with Crippen molar-refractivity contribution in [2.75, 3.05) is 13.1 Å². The Kier molecular flexibility index (Phi) is 4.10. The van der Waals surface area contributed by atoms with Crippen LogP contribution in [0.4, 0.5) is 0 Å². The molecule has 0 saturated carbocycles. The van der Waals surface area contributed by atoms with Crippen LogP contribution in [0.5, 0.6) is 0 Å². The van der Waals surface area contributed by atoms with Gasteiger partial charge in [-0.3, -0.25) is 9.59 Å². The van der Waals surface area contributed by atoms with Crippen LogP contribution in [0.3, 0.4) is 0 Å². The molecule has 1 fully saturated rings. The SMILES string of the molecule is O=C(CCn1cnnc1)N1CCC(C(=O)O)(c2ccccc2)C1. The van der Waals surface area contributed by atoms with Gasteiger partial charge in [-0.2, -0.15) is 0 Å². The Morgan fingerprint density at radius 1 is 1.17 bits per heavy atom. The van der Waals surface area contributed by atoms with Gasteiger partial charge in [0.25, 0.3) is 0 Å². The van der Waals surface area contributed by atoms with Gasteiger partial charge in [-0.1, -0.05) is 30.3 Å². The summed E-state index contributed by atoms with van der Waals surface area (Å²) in [5.41, 5.74) is -0.255. The Hall–Kier alpha value is -2.70. The van der Waals surface area contributed by atoms with E-state index in [1.165, 1.54) is 0 Å². The number of carbonyl (C=O) groups is 2. The lowest BCUT2D eigenvalue weighted by Crippen LogP contribution is -2.40. The van der Waals surface area contributed by atoms with E-state index in [0.717, 1.165) is 5.56 Å². The van der Waals surface area contributed by atoms with Crippen molar-refractivity contribution in [3.63, 3.8) is 0 Å². The van der Waals surface area contributed by atoms with Crippen LogP contribution in [-0.2, 0) is 21.5 Å². The van der Waals surface area contributed by atoms with Crippen molar-refractivity contribution in [2.45, 2.75) is 24.8 Å². The van der Waals surface area contributed by atoms with Gasteiger partial charge in [-0.05, 0) is 12.0 Å². The lowest BCUT2D eigenvalue weighted by atomic mass is 9.80. The van der Waals surface area contributed by atoms with Crippen molar-refractivity contribution in [1.82, 2.24) is 19.7 Å². The molecule has 0 radical (unpaired) electrons. The molecule has 1 atom stereocenters. The topological polar surface area (TPSA) is 88.3 Å². The van der Waals surface area contributed by atoms with Crippen LogP contribution in [0.2, 0.25) is 0 Å². The van der Waals surface area contributed by atoms with Crippen molar-refractivity contribution in [3.05, 3.63) is 48.5 Å². The predicted octanol–water partition coefficient (Wildman–Crippen LogP) is 0.923. The van der Waals surface area contributed by atoms with Crippen molar-refractivity contribution in [3.8, 4) is 0 Å². The number of nitrogens with zero attached hydrogens (tertiary/aromatic N) is 4. The number of aryl methyl sites for hydroxylation is 1. The quantitative estimate of drug-likeness (QED) is 0.886. The number of amides is 1. The molecule has 2 aromatic rings. The Bertz CT molecular complexity index is 687. The van der Waals surface area contributed by atoms with Gasteiger partial charge >= 0.3 is 5.97 Å². The number of hydrogen-bond donors (Lipinski definition) is 1.